The lowest BCUT2D eigenvalue weighted by Gasteiger charge is -2.22. The lowest BCUT2D eigenvalue weighted by Crippen LogP contribution is -2.50. The van der Waals surface area contributed by atoms with Crippen molar-refractivity contribution in [3.8, 4) is 11.5 Å². The fraction of sp³-hybridized carbons (Fsp3) is 0.320. The molecule has 4 amide bonds. The number of aryl methyl sites for hydroxylation is 4. The zero-order chi connectivity index (χ0) is 53.0. The topological polar surface area (TPSA) is 294 Å². The Bertz CT molecular complexity index is 2710. The van der Waals surface area contributed by atoms with Crippen molar-refractivity contribution in [3.63, 3.8) is 0 Å². The number of methoxy groups -OCH3 is 2. The van der Waals surface area contributed by atoms with Crippen molar-refractivity contribution in [1.82, 2.24) is 41.2 Å². The number of anilines is 2. The van der Waals surface area contributed by atoms with E-state index in [0.717, 1.165) is 11.1 Å². The molecule has 0 aliphatic rings. The minimum atomic E-state index is -1.14. The summed E-state index contributed by atoms with van der Waals surface area (Å²) < 4.78 is 14.7. The number of aromatic hydroxyl groups is 2. The molecule has 3 aromatic heterocycles. The average molecular weight is 1010 g/mol. The quantitative estimate of drug-likeness (QED) is 0.0379. The number of ether oxygens (including phenoxy) is 3. The maximum absolute atomic E-state index is 13.0. The number of thiophene rings is 1. The zero-order valence-electron chi connectivity index (χ0n) is 41.4. The van der Waals surface area contributed by atoms with Crippen LogP contribution in [0.1, 0.15) is 85.1 Å². The smallest absolute Gasteiger partial charge is 0.407 e. The van der Waals surface area contributed by atoms with Gasteiger partial charge in [0.05, 0.1) is 59.5 Å². The molecule has 0 radical (unpaired) electrons. The molecule has 0 fully saturated rings. The summed E-state index contributed by atoms with van der Waals surface area (Å²) in [6.45, 7) is 12.3. The number of benzene rings is 2. The lowest BCUT2D eigenvalue weighted by atomic mass is 10.1. The molecule has 382 valence electrons. The third-order valence-corrected chi connectivity index (χ3v) is 10.6. The molecule has 0 spiro atoms. The van der Waals surface area contributed by atoms with Gasteiger partial charge in [-0.1, -0.05) is 54.6 Å². The van der Waals surface area contributed by atoms with E-state index in [-0.39, 0.29) is 41.6 Å². The molecule has 0 aliphatic heterocycles. The number of nitrogens with one attached hydrogen (secondary N) is 6. The molecule has 3 heterocycles. The number of phenols is 2. The second-order valence-corrected chi connectivity index (χ2v) is 17.6. The largest absolute Gasteiger partial charge is 0.508 e. The summed E-state index contributed by atoms with van der Waals surface area (Å²) >= 11 is 1.27. The molecule has 72 heavy (non-hydrogen) atoms. The Balaban J connectivity index is 0.000000312. The average Bonchev–Trinajstić information content (AvgIpc) is 3.86. The van der Waals surface area contributed by atoms with Gasteiger partial charge in [0.1, 0.15) is 29.2 Å². The predicted octanol–water partition coefficient (Wildman–Crippen LogP) is 5.41. The highest BCUT2D eigenvalue weighted by molar-refractivity contribution is 7.12. The number of hydrogen-bond acceptors (Lipinski definition) is 18. The number of rotatable bonds is 19. The number of phenolic OH excluding ortho intramolecular Hbond substituents is 2. The molecule has 5 aromatic rings. The van der Waals surface area contributed by atoms with E-state index in [2.05, 4.69) is 51.8 Å². The summed E-state index contributed by atoms with van der Waals surface area (Å²) in [6.07, 6.45) is 6.66. The van der Waals surface area contributed by atoms with Gasteiger partial charge < -0.3 is 56.3 Å². The first-order chi connectivity index (χ1) is 34.2. The van der Waals surface area contributed by atoms with E-state index in [1.165, 1.54) is 25.6 Å². The number of carbonyl (C=O) groups is 6. The van der Waals surface area contributed by atoms with Crippen LogP contribution < -0.4 is 31.9 Å². The number of esters is 2. The van der Waals surface area contributed by atoms with E-state index in [4.69, 9.17) is 14.2 Å². The SMILES string of the molecule is COC(=O)[C@H](CNC(=O)OC(C)(C)C)NC(=O)c1c(C)nc(NC/C=C/c2cccc(O)c2)nc1C.COC(=O)[C@H](CNC(=O)c1cccs1)NC(=O)c1c(C)nc(NC/C=C/c2cccc(O)c2)nc1C. The summed E-state index contributed by atoms with van der Waals surface area (Å²) in [7, 11) is 2.39. The number of nitrogens with zero attached hydrogens (tertiary/aromatic N) is 4. The van der Waals surface area contributed by atoms with E-state index >= 15 is 0 Å². The number of carbonyl (C=O) groups excluding carboxylic acids is 6. The van der Waals surface area contributed by atoms with Gasteiger partial charge in [-0.15, -0.1) is 11.3 Å². The Morgan fingerprint density at radius 3 is 1.43 bits per heavy atom. The first-order valence-electron chi connectivity index (χ1n) is 22.3. The van der Waals surface area contributed by atoms with Crippen LogP contribution in [0.25, 0.3) is 12.2 Å². The van der Waals surface area contributed by atoms with Gasteiger partial charge in [0, 0.05) is 19.6 Å². The highest BCUT2D eigenvalue weighted by Crippen LogP contribution is 2.17. The van der Waals surface area contributed by atoms with Crippen molar-refractivity contribution in [2.45, 2.75) is 66.2 Å². The number of hydrogen-bond donors (Lipinski definition) is 8. The van der Waals surface area contributed by atoms with Crippen LogP contribution in [0.4, 0.5) is 16.7 Å². The zero-order valence-corrected chi connectivity index (χ0v) is 42.2. The van der Waals surface area contributed by atoms with Crippen molar-refractivity contribution in [3.05, 3.63) is 128 Å². The molecule has 0 saturated carbocycles. The van der Waals surface area contributed by atoms with Crippen molar-refractivity contribution < 1.29 is 53.2 Å². The van der Waals surface area contributed by atoms with Crippen LogP contribution in [0.15, 0.2) is 78.2 Å². The van der Waals surface area contributed by atoms with Gasteiger partial charge in [0.15, 0.2) is 0 Å². The van der Waals surface area contributed by atoms with Gasteiger partial charge >= 0.3 is 18.0 Å². The Labute approximate surface area is 420 Å². The van der Waals surface area contributed by atoms with Crippen molar-refractivity contribution in [2.75, 3.05) is 51.0 Å². The fourth-order valence-corrected chi connectivity index (χ4v) is 7.16. The van der Waals surface area contributed by atoms with Gasteiger partial charge in [0.2, 0.25) is 11.9 Å². The standard InChI is InChI=1S/C25H33N5O6.C25H27N5O5S/c1-15-20(21(32)30-19(22(33)35-6)14-27-24(34)36-25(3,4)5)16(2)29-23(28-15)26-12-8-10-17-9-7-11-18(31)13-17;1-15-21(16(2)29-25(28-15)26-11-5-8-17-7-4-9-18(31)13-17)23(33)30-19(24(34)35-3)14-27-22(32)20-10-6-12-36-20/h7-11,13,19,31H,12,14H2,1-6H3,(H,27,34)(H,30,32)(H,26,28,29);4-10,12-13,19,31H,11,14H2,1-3H3,(H,27,32)(H,30,33)(H,26,28,29)/b10-8+;8-5+/t2*19-/m00/s1. The molecular weight excluding hydrogens is 949 g/mol. The van der Waals surface area contributed by atoms with Gasteiger partial charge in [-0.25, -0.2) is 34.3 Å². The van der Waals surface area contributed by atoms with Crippen molar-refractivity contribution in [2.24, 2.45) is 0 Å². The van der Waals surface area contributed by atoms with Crippen molar-refractivity contribution >= 4 is 71.1 Å². The highest BCUT2D eigenvalue weighted by atomic mass is 32.1. The van der Waals surface area contributed by atoms with E-state index in [1.807, 2.05) is 36.4 Å². The van der Waals surface area contributed by atoms with E-state index in [9.17, 15) is 39.0 Å². The molecule has 0 aliphatic carbocycles. The second kappa shape index (κ2) is 27.1. The second-order valence-electron chi connectivity index (χ2n) is 16.6. The molecule has 8 N–H and O–H groups in total. The van der Waals surface area contributed by atoms with E-state index in [1.54, 1.807) is 102 Å². The first kappa shape index (κ1) is 56.2. The molecule has 2 aromatic carbocycles. The van der Waals surface area contributed by atoms with Crippen LogP contribution >= 0.6 is 11.3 Å². The van der Waals surface area contributed by atoms with E-state index in [0.29, 0.717) is 52.6 Å². The van der Waals surface area contributed by atoms with Gasteiger partial charge in [0.25, 0.3) is 17.7 Å². The Morgan fingerprint density at radius 1 is 0.625 bits per heavy atom. The van der Waals surface area contributed by atoms with Crippen molar-refractivity contribution in [1.29, 1.82) is 0 Å². The normalized spacial score (nSPS) is 11.8. The summed E-state index contributed by atoms with van der Waals surface area (Å²) in [5.74, 6) is -1.86. The van der Waals surface area contributed by atoms with Crippen LogP contribution in [-0.4, -0.2) is 124 Å². The summed E-state index contributed by atoms with van der Waals surface area (Å²) in [4.78, 5) is 92.4. The minimum Gasteiger partial charge on any atom is -0.508 e. The molecule has 5 rings (SSSR count). The van der Waals surface area contributed by atoms with Crippen LogP contribution in [-0.2, 0) is 23.8 Å². The monoisotopic (exact) mass is 1010 g/mol. The third kappa shape index (κ3) is 18.2. The number of amides is 4. The van der Waals surface area contributed by atoms with Crippen LogP contribution in [0.3, 0.4) is 0 Å². The maximum Gasteiger partial charge on any atom is 0.407 e. The minimum absolute atomic E-state index is 0.140. The summed E-state index contributed by atoms with van der Waals surface area (Å²) in [5, 5.41) is 37.2. The Hall–Kier alpha value is -8.40. The molecule has 0 bridgehead atoms. The highest BCUT2D eigenvalue weighted by Gasteiger charge is 2.28. The van der Waals surface area contributed by atoms with Gasteiger partial charge in [-0.3, -0.25) is 14.4 Å². The molecular formula is C50H60N10O11S. The molecule has 21 nitrogen and oxygen atoms in total. The number of alkyl carbamates (subject to hydrolysis) is 1. The van der Waals surface area contributed by atoms with Crippen LogP contribution in [0, 0.1) is 27.7 Å². The Morgan fingerprint density at radius 2 is 1.06 bits per heavy atom. The maximum atomic E-state index is 13.0. The summed E-state index contributed by atoms with van der Waals surface area (Å²) in [5.41, 5.74) is 3.08. The van der Waals surface area contributed by atoms with Gasteiger partial charge in [-0.2, -0.15) is 0 Å². The lowest BCUT2D eigenvalue weighted by molar-refractivity contribution is -0.143. The van der Waals surface area contributed by atoms with E-state index < -0.39 is 47.5 Å². The number of aromatic nitrogens is 4. The van der Waals surface area contributed by atoms with Crippen LogP contribution in [0.2, 0.25) is 0 Å². The molecule has 2 atom stereocenters. The Kier molecular flexibility index (Phi) is 21.2. The third-order valence-electron chi connectivity index (χ3n) is 9.76. The van der Waals surface area contributed by atoms with Gasteiger partial charge in [-0.05, 0) is 95.3 Å². The van der Waals surface area contributed by atoms with Crippen LogP contribution in [0.5, 0.6) is 11.5 Å². The molecule has 0 unspecified atom stereocenters. The predicted molar refractivity (Wildman–Crippen MR) is 272 cm³/mol. The molecule has 0 saturated heterocycles. The summed E-state index contributed by atoms with van der Waals surface area (Å²) in [6, 6.07) is 14.9. The first-order valence-corrected chi connectivity index (χ1v) is 23.2. The molecule has 22 heteroatoms. The fourth-order valence-electron chi connectivity index (χ4n) is 6.52.